The van der Waals surface area contributed by atoms with E-state index in [1.165, 1.54) is 0 Å². The largest absolute Gasteiger partial charge is 0.457 e. The second-order valence-corrected chi connectivity index (χ2v) is 5.58. The number of carbonyl (C=O) groups excluding carboxylic acids is 2. The standard InChI is InChI=1S/C19H21NO3/c1-14(2)18(21)19(22)20-13-12-15-8-10-17(11-9-15)23-16-6-4-3-5-7-16/h3-11,14H,12-13H2,1-2H3,(H,20,22). The molecule has 1 amide bonds. The van der Waals surface area contributed by atoms with Crippen LogP contribution in [0, 0.1) is 5.92 Å². The molecular formula is C19H21NO3. The van der Waals surface area contributed by atoms with E-state index in [0.717, 1.165) is 17.1 Å². The molecular weight excluding hydrogens is 290 g/mol. The Kier molecular flexibility index (Phi) is 5.92. The van der Waals surface area contributed by atoms with Crippen LogP contribution in [0.4, 0.5) is 0 Å². The van der Waals surface area contributed by atoms with Crippen molar-refractivity contribution in [2.24, 2.45) is 5.92 Å². The average Bonchev–Trinajstić information content (AvgIpc) is 2.56. The molecule has 0 aromatic heterocycles. The lowest BCUT2D eigenvalue weighted by Crippen LogP contribution is -2.34. The van der Waals surface area contributed by atoms with E-state index in [1.54, 1.807) is 13.8 Å². The van der Waals surface area contributed by atoms with Gasteiger partial charge in [-0.3, -0.25) is 9.59 Å². The first kappa shape index (κ1) is 16.7. The minimum absolute atomic E-state index is 0.274. The first-order valence-electron chi connectivity index (χ1n) is 7.70. The monoisotopic (exact) mass is 311 g/mol. The van der Waals surface area contributed by atoms with Gasteiger partial charge in [-0.2, -0.15) is 0 Å². The molecule has 2 rings (SSSR count). The van der Waals surface area contributed by atoms with Gasteiger partial charge in [0.25, 0.3) is 5.91 Å². The SMILES string of the molecule is CC(C)C(=O)C(=O)NCCc1ccc(Oc2ccccc2)cc1. The van der Waals surface area contributed by atoms with Gasteiger partial charge in [0.05, 0.1) is 0 Å². The van der Waals surface area contributed by atoms with E-state index in [0.29, 0.717) is 13.0 Å². The number of rotatable bonds is 7. The number of amides is 1. The lowest BCUT2D eigenvalue weighted by atomic mass is 10.1. The number of hydrogen-bond donors (Lipinski definition) is 1. The fourth-order valence-corrected chi connectivity index (χ4v) is 2.02. The predicted octanol–water partition coefficient (Wildman–Crippen LogP) is 3.36. The van der Waals surface area contributed by atoms with Gasteiger partial charge >= 0.3 is 0 Å². The number of benzene rings is 2. The number of hydrogen-bond acceptors (Lipinski definition) is 3. The molecule has 0 atom stereocenters. The van der Waals surface area contributed by atoms with Crippen LogP contribution < -0.4 is 10.1 Å². The van der Waals surface area contributed by atoms with Gasteiger partial charge in [-0.05, 0) is 36.2 Å². The zero-order valence-corrected chi connectivity index (χ0v) is 13.4. The highest BCUT2D eigenvalue weighted by atomic mass is 16.5. The summed E-state index contributed by atoms with van der Waals surface area (Å²) < 4.78 is 5.72. The number of ketones is 1. The summed E-state index contributed by atoms with van der Waals surface area (Å²) in [6, 6.07) is 17.3. The number of Topliss-reactive ketones (excluding diaryl/α,β-unsaturated/α-hetero) is 1. The molecule has 2 aromatic rings. The van der Waals surface area contributed by atoms with Crippen LogP contribution in [0.5, 0.6) is 11.5 Å². The van der Waals surface area contributed by atoms with Crippen LogP contribution >= 0.6 is 0 Å². The molecule has 1 N–H and O–H groups in total. The minimum Gasteiger partial charge on any atom is -0.457 e. The number of carbonyl (C=O) groups is 2. The van der Waals surface area contributed by atoms with Crippen molar-refractivity contribution in [2.45, 2.75) is 20.3 Å². The van der Waals surface area contributed by atoms with Gasteiger partial charge in [-0.1, -0.05) is 44.2 Å². The highest BCUT2D eigenvalue weighted by molar-refractivity contribution is 6.36. The molecule has 0 saturated heterocycles. The zero-order valence-electron chi connectivity index (χ0n) is 13.4. The van der Waals surface area contributed by atoms with Crippen LogP contribution in [0.25, 0.3) is 0 Å². The highest BCUT2D eigenvalue weighted by Crippen LogP contribution is 2.21. The quantitative estimate of drug-likeness (QED) is 0.798. The van der Waals surface area contributed by atoms with E-state index in [1.807, 2.05) is 54.6 Å². The van der Waals surface area contributed by atoms with Crippen molar-refractivity contribution in [3.63, 3.8) is 0 Å². The summed E-state index contributed by atoms with van der Waals surface area (Å²) in [5.41, 5.74) is 1.07. The van der Waals surface area contributed by atoms with Crippen LogP contribution in [0.3, 0.4) is 0 Å². The van der Waals surface area contributed by atoms with E-state index in [4.69, 9.17) is 4.74 Å². The Balaban J connectivity index is 1.81. The van der Waals surface area contributed by atoms with Gasteiger partial charge in [0.2, 0.25) is 5.78 Å². The number of para-hydroxylation sites is 1. The van der Waals surface area contributed by atoms with Gasteiger partial charge in [-0.15, -0.1) is 0 Å². The molecule has 0 aliphatic heterocycles. The van der Waals surface area contributed by atoms with Crippen molar-refractivity contribution in [1.29, 1.82) is 0 Å². The summed E-state index contributed by atoms with van der Waals surface area (Å²) in [7, 11) is 0. The first-order chi connectivity index (χ1) is 11.1. The summed E-state index contributed by atoms with van der Waals surface area (Å²) >= 11 is 0. The molecule has 4 heteroatoms. The lowest BCUT2D eigenvalue weighted by Gasteiger charge is -2.08. The summed E-state index contributed by atoms with van der Waals surface area (Å²) in [6.07, 6.45) is 0.669. The molecule has 4 nitrogen and oxygen atoms in total. The third kappa shape index (κ3) is 5.25. The Bertz CT molecular complexity index is 648. The number of nitrogens with one attached hydrogen (secondary N) is 1. The second-order valence-electron chi connectivity index (χ2n) is 5.58. The molecule has 0 fully saturated rings. The Morgan fingerprint density at radius 3 is 2.17 bits per heavy atom. The van der Waals surface area contributed by atoms with Gasteiger partial charge in [0.15, 0.2) is 0 Å². The van der Waals surface area contributed by atoms with E-state index < -0.39 is 5.91 Å². The Hall–Kier alpha value is -2.62. The van der Waals surface area contributed by atoms with Crippen LogP contribution in [0.15, 0.2) is 54.6 Å². The maximum Gasteiger partial charge on any atom is 0.287 e. The molecule has 2 aromatic carbocycles. The fourth-order valence-electron chi connectivity index (χ4n) is 2.02. The van der Waals surface area contributed by atoms with Crippen molar-refractivity contribution in [3.8, 4) is 11.5 Å². The number of ether oxygens (including phenoxy) is 1. The third-order valence-electron chi connectivity index (χ3n) is 3.35. The Morgan fingerprint density at radius 1 is 0.957 bits per heavy atom. The molecule has 0 heterocycles. The van der Waals surface area contributed by atoms with E-state index in [2.05, 4.69) is 5.32 Å². The molecule has 23 heavy (non-hydrogen) atoms. The van der Waals surface area contributed by atoms with Gasteiger partial charge in [-0.25, -0.2) is 0 Å². The van der Waals surface area contributed by atoms with Crippen molar-refractivity contribution in [2.75, 3.05) is 6.54 Å². The van der Waals surface area contributed by atoms with Crippen LogP contribution in [0.2, 0.25) is 0 Å². The van der Waals surface area contributed by atoms with Gasteiger partial charge in [0, 0.05) is 12.5 Å². The molecule has 0 aliphatic rings. The zero-order chi connectivity index (χ0) is 16.7. The van der Waals surface area contributed by atoms with Gasteiger partial charge in [0.1, 0.15) is 11.5 Å². The molecule has 120 valence electrons. The normalized spacial score (nSPS) is 10.4. The predicted molar refractivity (Wildman–Crippen MR) is 89.5 cm³/mol. The summed E-state index contributed by atoms with van der Waals surface area (Å²) in [5.74, 6) is 0.392. The van der Waals surface area contributed by atoms with Crippen LogP contribution in [-0.4, -0.2) is 18.2 Å². The van der Waals surface area contributed by atoms with Crippen molar-refractivity contribution >= 4 is 11.7 Å². The summed E-state index contributed by atoms with van der Waals surface area (Å²) in [6.45, 7) is 3.87. The topological polar surface area (TPSA) is 55.4 Å². The van der Waals surface area contributed by atoms with Crippen LogP contribution in [-0.2, 0) is 16.0 Å². The average molecular weight is 311 g/mol. The maximum absolute atomic E-state index is 11.6. The van der Waals surface area contributed by atoms with Crippen molar-refractivity contribution < 1.29 is 14.3 Å². The molecule has 0 unspecified atom stereocenters. The fraction of sp³-hybridized carbons (Fsp3) is 0.263. The molecule has 0 saturated carbocycles. The molecule has 0 aliphatic carbocycles. The highest BCUT2D eigenvalue weighted by Gasteiger charge is 2.16. The second kappa shape index (κ2) is 8.13. The summed E-state index contributed by atoms with van der Waals surface area (Å²) in [5, 5.41) is 2.65. The van der Waals surface area contributed by atoms with Crippen LogP contribution in [0.1, 0.15) is 19.4 Å². The first-order valence-corrected chi connectivity index (χ1v) is 7.70. The van der Waals surface area contributed by atoms with E-state index in [9.17, 15) is 9.59 Å². The van der Waals surface area contributed by atoms with E-state index in [-0.39, 0.29) is 11.7 Å². The maximum atomic E-state index is 11.6. The lowest BCUT2D eigenvalue weighted by molar-refractivity contribution is -0.139. The van der Waals surface area contributed by atoms with Crippen molar-refractivity contribution in [1.82, 2.24) is 5.32 Å². The minimum atomic E-state index is -0.510. The molecule has 0 spiro atoms. The Morgan fingerprint density at radius 2 is 1.57 bits per heavy atom. The molecule has 0 radical (unpaired) electrons. The Labute approximate surface area is 136 Å². The molecule has 0 bridgehead atoms. The summed E-state index contributed by atoms with van der Waals surface area (Å²) in [4.78, 5) is 23.0. The smallest absolute Gasteiger partial charge is 0.287 e. The van der Waals surface area contributed by atoms with Gasteiger partial charge < -0.3 is 10.1 Å². The van der Waals surface area contributed by atoms with E-state index >= 15 is 0 Å². The third-order valence-corrected chi connectivity index (χ3v) is 3.35. The van der Waals surface area contributed by atoms with Crippen molar-refractivity contribution in [3.05, 3.63) is 60.2 Å².